The Morgan fingerprint density at radius 1 is 1.47 bits per heavy atom. The van der Waals surface area contributed by atoms with E-state index in [4.69, 9.17) is 22.1 Å². The fraction of sp³-hybridized carbons (Fsp3) is 0.538. The van der Waals surface area contributed by atoms with Crippen LogP contribution in [0.4, 0.5) is 5.69 Å². The van der Waals surface area contributed by atoms with E-state index in [0.29, 0.717) is 13.2 Å². The van der Waals surface area contributed by atoms with E-state index in [9.17, 15) is 0 Å². The Bertz CT molecular complexity index is 344. The summed E-state index contributed by atoms with van der Waals surface area (Å²) in [4.78, 5) is 0. The quantitative estimate of drug-likeness (QED) is 0.789. The maximum atomic E-state index is 6.09. The Morgan fingerprint density at radius 2 is 2.24 bits per heavy atom. The van der Waals surface area contributed by atoms with E-state index in [2.05, 4.69) is 5.32 Å². The summed E-state index contributed by atoms with van der Waals surface area (Å²) in [6, 6.07) is 6.16. The van der Waals surface area contributed by atoms with Crippen LogP contribution in [0.25, 0.3) is 0 Å². The lowest BCUT2D eigenvalue weighted by molar-refractivity contribution is 0.182. The smallest absolute Gasteiger partial charge is 0.0664 e. The molecule has 1 atom stereocenters. The van der Waals surface area contributed by atoms with Gasteiger partial charge in [-0.15, -0.1) is 0 Å². The number of nitrogens with one attached hydrogen (secondary N) is 1. The van der Waals surface area contributed by atoms with Crippen LogP contribution in [0.5, 0.6) is 0 Å². The molecule has 3 N–H and O–H groups in total. The Morgan fingerprint density at radius 3 is 2.88 bits per heavy atom. The summed E-state index contributed by atoms with van der Waals surface area (Å²) in [5.74, 6) is 0. The number of anilines is 1. The van der Waals surface area contributed by atoms with Gasteiger partial charge in [-0.05, 0) is 44.0 Å². The highest BCUT2D eigenvalue weighted by Gasteiger charge is 2.10. The highest BCUT2D eigenvalue weighted by atomic mass is 35.5. The Labute approximate surface area is 108 Å². The monoisotopic (exact) mass is 256 g/mol. The number of ether oxygens (including phenoxy) is 1. The Balaban J connectivity index is 2.67. The molecule has 1 unspecified atom stereocenters. The van der Waals surface area contributed by atoms with Gasteiger partial charge in [-0.25, -0.2) is 0 Å². The van der Waals surface area contributed by atoms with Crippen LogP contribution in [0.1, 0.15) is 18.4 Å². The molecule has 17 heavy (non-hydrogen) atoms. The summed E-state index contributed by atoms with van der Waals surface area (Å²) in [6.07, 6.45) is 1.98. The standard InChI is InChI=1S/C13H21ClN2O/c1-10-12(14)6-3-7-13(10)16-11(9-17-2)5-4-8-15/h3,6-7,11,16H,4-5,8-9,15H2,1-2H3. The molecule has 1 aromatic carbocycles. The maximum absolute atomic E-state index is 6.09. The lowest BCUT2D eigenvalue weighted by atomic mass is 10.1. The number of hydrogen-bond donors (Lipinski definition) is 2. The number of benzene rings is 1. The Hall–Kier alpha value is -0.770. The minimum atomic E-state index is 0.278. The van der Waals surface area contributed by atoms with Crippen molar-refractivity contribution in [1.29, 1.82) is 0 Å². The van der Waals surface area contributed by atoms with Gasteiger partial charge in [0.1, 0.15) is 0 Å². The van der Waals surface area contributed by atoms with E-state index in [-0.39, 0.29) is 6.04 Å². The van der Waals surface area contributed by atoms with Crippen LogP contribution in [0, 0.1) is 6.92 Å². The second-order valence-electron chi connectivity index (χ2n) is 4.14. The van der Waals surface area contributed by atoms with E-state index in [1.165, 1.54) is 0 Å². The maximum Gasteiger partial charge on any atom is 0.0664 e. The van der Waals surface area contributed by atoms with E-state index >= 15 is 0 Å². The number of methoxy groups -OCH3 is 1. The van der Waals surface area contributed by atoms with Crippen molar-refractivity contribution in [2.45, 2.75) is 25.8 Å². The van der Waals surface area contributed by atoms with Crippen LogP contribution in [0.15, 0.2) is 18.2 Å². The molecule has 96 valence electrons. The number of halogens is 1. The zero-order valence-electron chi connectivity index (χ0n) is 10.5. The summed E-state index contributed by atoms with van der Waals surface area (Å²) in [7, 11) is 1.71. The minimum absolute atomic E-state index is 0.278. The lowest BCUT2D eigenvalue weighted by Crippen LogP contribution is -2.26. The number of nitrogens with two attached hydrogens (primary N) is 1. The molecule has 3 nitrogen and oxygen atoms in total. The molecule has 0 heterocycles. The lowest BCUT2D eigenvalue weighted by Gasteiger charge is -2.20. The zero-order chi connectivity index (χ0) is 12.7. The summed E-state index contributed by atoms with van der Waals surface area (Å²) in [6.45, 7) is 3.39. The van der Waals surface area contributed by atoms with Crippen LogP contribution in [0.3, 0.4) is 0 Å². The second kappa shape index (κ2) is 7.54. The van der Waals surface area contributed by atoms with Gasteiger partial charge >= 0.3 is 0 Å². The summed E-state index contributed by atoms with van der Waals surface area (Å²) >= 11 is 6.09. The van der Waals surface area contributed by atoms with Crippen LogP contribution in [0.2, 0.25) is 5.02 Å². The van der Waals surface area contributed by atoms with Crippen molar-refractivity contribution < 1.29 is 4.74 Å². The topological polar surface area (TPSA) is 47.3 Å². The van der Waals surface area contributed by atoms with Gasteiger partial charge in [-0.1, -0.05) is 17.7 Å². The van der Waals surface area contributed by atoms with E-state index < -0.39 is 0 Å². The fourth-order valence-corrected chi connectivity index (χ4v) is 1.92. The molecule has 0 saturated heterocycles. The molecule has 0 aliphatic heterocycles. The van der Waals surface area contributed by atoms with E-state index in [1.54, 1.807) is 7.11 Å². The molecule has 1 aromatic rings. The molecule has 0 radical (unpaired) electrons. The molecule has 0 saturated carbocycles. The molecule has 0 aromatic heterocycles. The summed E-state index contributed by atoms with van der Waals surface area (Å²) in [5, 5.41) is 4.24. The third-order valence-corrected chi connectivity index (χ3v) is 3.16. The molecule has 0 aliphatic carbocycles. The number of rotatable bonds is 7. The Kier molecular flexibility index (Phi) is 6.34. The highest BCUT2D eigenvalue weighted by Crippen LogP contribution is 2.24. The zero-order valence-corrected chi connectivity index (χ0v) is 11.3. The van der Waals surface area contributed by atoms with Crippen molar-refractivity contribution in [2.24, 2.45) is 5.73 Å². The average Bonchev–Trinajstić information content (AvgIpc) is 2.32. The van der Waals surface area contributed by atoms with Gasteiger partial charge in [-0.2, -0.15) is 0 Å². The highest BCUT2D eigenvalue weighted by molar-refractivity contribution is 6.31. The van der Waals surface area contributed by atoms with Crippen LogP contribution in [-0.2, 0) is 4.74 Å². The predicted octanol–water partition coefficient (Wildman–Crippen LogP) is 2.81. The molecule has 1 rings (SSSR count). The number of hydrogen-bond acceptors (Lipinski definition) is 3. The van der Waals surface area contributed by atoms with Gasteiger partial charge in [0.2, 0.25) is 0 Å². The van der Waals surface area contributed by atoms with Crippen molar-refractivity contribution in [3.05, 3.63) is 28.8 Å². The third-order valence-electron chi connectivity index (χ3n) is 2.75. The van der Waals surface area contributed by atoms with Gasteiger partial charge in [-0.3, -0.25) is 0 Å². The van der Waals surface area contributed by atoms with E-state index in [0.717, 1.165) is 29.1 Å². The van der Waals surface area contributed by atoms with Gasteiger partial charge < -0.3 is 15.8 Å². The molecule has 4 heteroatoms. The van der Waals surface area contributed by atoms with Crippen molar-refractivity contribution in [3.63, 3.8) is 0 Å². The van der Waals surface area contributed by atoms with Gasteiger partial charge in [0, 0.05) is 23.9 Å². The fourth-order valence-electron chi connectivity index (χ4n) is 1.75. The minimum Gasteiger partial charge on any atom is -0.383 e. The molecular formula is C13H21ClN2O. The van der Waals surface area contributed by atoms with Gasteiger partial charge in [0.05, 0.1) is 6.61 Å². The SMILES string of the molecule is COCC(CCCN)Nc1cccc(Cl)c1C. The third kappa shape index (κ3) is 4.54. The van der Waals surface area contributed by atoms with Crippen molar-refractivity contribution in [1.82, 2.24) is 0 Å². The average molecular weight is 257 g/mol. The van der Waals surface area contributed by atoms with E-state index in [1.807, 2.05) is 25.1 Å². The van der Waals surface area contributed by atoms with Crippen molar-refractivity contribution >= 4 is 17.3 Å². The molecule has 0 fully saturated rings. The predicted molar refractivity (Wildman–Crippen MR) is 73.8 cm³/mol. The van der Waals surface area contributed by atoms with Gasteiger partial charge in [0.15, 0.2) is 0 Å². The molecule has 0 spiro atoms. The first kappa shape index (κ1) is 14.3. The van der Waals surface area contributed by atoms with Crippen LogP contribution < -0.4 is 11.1 Å². The largest absolute Gasteiger partial charge is 0.383 e. The molecule has 0 aliphatic rings. The first-order valence-corrected chi connectivity index (χ1v) is 6.27. The van der Waals surface area contributed by atoms with Crippen LogP contribution in [-0.4, -0.2) is 26.3 Å². The normalized spacial score (nSPS) is 12.5. The second-order valence-corrected chi connectivity index (χ2v) is 4.55. The molecule has 0 amide bonds. The first-order valence-electron chi connectivity index (χ1n) is 5.89. The molecule has 0 bridgehead atoms. The van der Waals surface area contributed by atoms with Gasteiger partial charge in [0.25, 0.3) is 0 Å². The summed E-state index contributed by atoms with van der Waals surface area (Å²) < 4.78 is 5.21. The first-order chi connectivity index (χ1) is 8.19. The molecular weight excluding hydrogens is 236 g/mol. The van der Waals surface area contributed by atoms with Crippen molar-refractivity contribution in [3.8, 4) is 0 Å². The van der Waals surface area contributed by atoms with Crippen LogP contribution >= 0.6 is 11.6 Å². The summed E-state index contributed by atoms with van der Waals surface area (Å²) in [5.41, 5.74) is 7.67. The van der Waals surface area contributed by atoms with Crippen molar-refractivity contribution in [2.75, 3.05) is 25.6 Å².